The zero-order valence-corrected chi connectivity index (χ0v) is 47.3. The molecule has 0 radical (unpaired) electrons. The van der Waals surface area contributed by atoms with Crippen molar-refractivity contribution in [2.24, 2.45) is 23.7 Å². The van der Waals surface area contributed by atoms with E-state index in [1.807, 2.05) is 50.3 Å². The van der Waals surface area contributed by atoms with Crippen molar-refractivity contribution in [2.45, 2.75) is 159 Å². The lowest BCUT2D eigenvalue weighted by atomic mass is 9.95. The fourth-order valence-corrected chi connectivity index (χ4v) is 9.13. The normalized spacial score (nSPS) is 15.4. The molecular weight excluding hydrogens is 1000 g/mol. The molecule has 2 aliphatic rings. The van der Waals surface area contributed by atoms with E-state index >= 15 is 0 Å². The molecule has 3 unspecified atom stereocenters. The van der Waals surface area contributed by atoms with Gasteiger partial charge in [-0.2, -0.15) is 23.7 Å². The smallest absolute Gasteiger partial charge is 0.339 e. The van der Waals surface area contributed by atoms with E-state index < -0.39 is 17.6 Å². The minimum absolute atomic E-state index is 0.00694. The quantitative estimate of drug-likeness (QED) is 0.140. The van der Waals surface area contributed by atoms with E-state index in [4.69, 9.17) is 56.9 Å². The van der Waals surface area contributed by atoms with Gasteiger partial charge in [-0.15, -0.1) is 0 Å². The van der Waals surface area contributed by atoms with Crippen LogP contribution in [0.3, 0.4) is 0 Å². The van der Waals surface area contributed by atoms with Crippen LogP contribution in [0.1, 0.15) is 153 Å². The molecule has 14 heteroatoms. The Bertz CT molecular complexity index is 2300. The molecular formula is C58H76Cl4F4N4O2. The molecule has 0 spiro atoms. The zero-order chi connectivity index (χ0) is 54.9. The number of hydrogen-bond donors (Lipinski definition) is 0. The van der Waals surface area contributed by atoms with Crippen LogP contribution in [0.15, 0.2) is 72.8 Å². The third-order valence-corrected chi connectivity index (χ3v) is 14.0. The molecule has 72 heavy (non-hydrogen) atoms. The number of likely N-dealkylation sites (tertiary alicyclic amines) is 2. The van der Waals surface area contributed by atoms with Crippen molar-refractivity contribution in [3.63, 3.8) is 0 Å². The average Bonchev–Trinajstić information content (AvgIpc) is 3.92. The first-order chi connectivity index (χ1) is 33.8. The summed E-state index contributed by atoms with van der Waals surface area (Å²) in [5, 5.41) is 19.6. The van der Waals surface area contributed by atoms with Crippen molar-refractivity contribution in [1.29, 1.82) is 10.5 Å². The molecule has 0 saturated carbocycles. The third-order valence-electron chi connectivity index (χ3n) is 12.8. The van der Waals surface area contributed by atoms with E-state index in [1.54, 1.807) is 37.3 Å². The van der Waals surface area contributed by atoms with Gasteiger partial charge in [0.05, 0.1) is 26.7 Å². The maximum absolute atomic E-state index is 12.6. The Hall–Kier alpha value is -4.32. The topological polar surface area (TPSA) is 88.2 Å². The van der Waals surface area contributed by atoms with Gasteiger partial charge in [-0.05, 0) is 159 Å². The number of aryl methyl sites for hydroxylation is 4. The van der Waals surface area contributed by atoms with Crippen molar-refractivity contribution in [1.82, 2.24) is 9.80 Å². The van der Waals surface area contributed by atoms with Crippen LogP contribution in [0, 0.1) is 66.0 Å². The van der Waals surface area contributed by atoms with Crippen molar-refractivity contribution in [2.75, 3.05) is 13.1 Å². The van der Waals surface area contributed by atoms with Gasteiger partial charge in [0.15, 0.2) is 0 Å². The number of carbonyl (C=O) groups is 2. The third kappa shape index (κ3) is 22.4. The standard InChI is InChI=1S/C13H25NO.C12H23NO.C9H8F4.C8H8Cl2.2C8H6ClN/c1-5-7-12(6-2)14-9-11(10(3)4)8-13(14)15;1-5-11(6-2)13-8-10(9(3)4)7-12(13)14;1-2-6-5-7(10)3-4-8(6)9(11,12)13;1-2-6-5-7(9)3-4-8(6)10;2*1-6-2-3-7(5-10)8(9)4-6/h10-12H,5-9H2,1-4H3;9-11H,5-8H2,1-4H3;3-5H,2H2,1H3;3-5H,2H2,1H3;2*2-4H,1H3. The highest BCUT2D eigenvalue weighted by atomic mass is 35.5. The van der Waals surface area contributed by atoms with Crippen LogP contribution in [0.25, 0.3) is 0 Å². The van der Waals surface area contributed by atoms with Gasteiger partial charge in [-0.1, -0.05) is 134 Å². The highest BCUT2D eigenvalue weighted by Gasteiger charge is 2.36. The number of nitriles is 2. The number of rotatable bonds is 11. The Labute approximate surface area is 449 Å². The van der Waals surface area contributed by atoms with Gasteiger partial charge in [-0.25, -0.2) is 4.39 Å². The Morgan fingerprint density at radius 1 is 0.611 bits per heavy atom. The summed E-state index contributed by atoms with van der Waals surface area (Å²) in [6.45, 7) is 27.1. The monoisotopic (exact) mass is 1080 g/mol. The van der Waals surface area contributed by atoms with Crippen LogP contribution in [0.2, 0.25) is 20.1 Å². The Morgan fingerprint density at radius 3 is 1.39 bits per heavy atom. The number of halogens is 8. The molecule has 3 atom stereocenters. The summed E-state index contributed by atoms with van der Waals surface area (Å²) < 4.78 is 49.3. The molecule has 6 nitrogen and oxygen atoms in total. The summed E-state index contributed by atoms with van der Waals surface area (Å²) in [4.78, 5) is 27.9. The van der Waals surface area contributed by atoms with Crippen LogP contribution in [-0.2, 0) is 28.6 Å². The van der Waals surface area contributed by atoms with Gasteiger partial charge in [0.2, 0.25) is 11.8 Å². The van der Waals surface area contributed by atoms with E-state index in [0.717, 1.165) is 103 Å². The number of amides is 2. The van der Waals surface area contributed by atoms with E-state index in [1.165, 1.54) is 6.42 Å². The second kappa shape index (κ2) is 33.5. The van der Waals surface area contributed by atoms with E-state index in [2.05, 4.69) is 72.1 Å². The van der Waals surface area contributed by atoms with Gasteiger partial charge in [-0.3, -0.25) is 9.59 Å². The fourth-order valence-electron chi connectivity index (χ4n) is 8.13. The fraction of sp³-hybridized carbons (Fsp3) is 0.517. The Balaban J connectivity index is 0.000000435. The van der Waals surface area contributed by atoms with E-state index in [9.17, 15) is 27.2 Å². The van der Waals surface area contributed by atoms with Gasteiger partial charge in [0, 0.05) is 48.1 Å². The lowest BCUT2D eigenvalue weighted by Gasteiger charge is -2.27. The SMILES string of the molecule is CCC(CC)N1CC(C(C)C)CC1=O.CCCC(CC)N1CC(C(C)C)CC1=O.CCc1cc(Cl)ccc1Cl.CCc1cc(F)ccc1C(F)(F)F.Cc1ccc(C#N)c(Cl)c1.Cc1ccc(C#N)c(Cl)c1. The van der Waals surface area contributed by atoms with Crippen LogP contribution in [0.5, 0.6) is 0 Å². The first-order valence-corrected chi connectivity index (χ1v) is 26.6. The molecule has 6 rings (SSSR count). The second-order valence-corrected chi connectivity index (χ2v) is 20.4. The number of benzene rings is 4. The molecule has 2 amide bonds. The summed E-state index contributed by atoms with van der Waals surface area (Å²) in [6, 6.07) is 23.7. The maximum Gasteiger partial charge on any atom is 0.416 e. The van der Waals surface area contributed by atoms with Crippen molar-refractivity contribution in [3.05, 3.63) is 138 Å². The van der Waals surface area contributed by atoms with Crippen molar-refractivity contribution in [3.8, 4) is 12.1 Å². The number of hydrogen-bond acceptors (Lipinski definition) is 4. The van der Waals surface area contributed by atoms with Crippen LogP contribution in [-0.4, -0.2) is 46.8 Å². The van der Waals surface area contributed by atoms with E-state index in [-0.39, 0.29) is 12.0 Å². The minimum Gasteiger partial charge on any atom is -0.339 e. The zero-order valence-electron chi connectivity index (χ0n) is 44.3. The molecule has 0 aromatic heterocycles. The van der Waals surface area contributed by atoms with Gasteiger partial charge in [0.1, 0.15) is 18.0 Å². The van der Waals surface area contributed by atoms with Gasteiger partial charge < -0.3 is 9.80 Å². The maximum atomic E-state index is 12.6. The summed E-state index contributed by atoms with van der Waals surface area (Å²) in [6.07, 6.45) is 3.88. The minimum atomic E-state index is -4.39. The molecule has 2 heterocycles. The van der Waals surface area contributed by atoms with Gasteiger partial charge in [0.25, 0.3) is 0 Å². The van der Waals surface area contributed by atoms with Crippen LogP contribution < -0.4 is 0 Å². The summed E-state index contributed by atoms with van der Waals surface area (Å²) >= 11 is 23.0. The highest BCUT2D eigenvalue weighted by Crippen LogP contribution is 2.33. The molecule has 396 valence electrons. The summed E-state index contributed by atoms with van der Waals surface area (Å²) in [7, 11) is 0. The molecule has 2 saturated heterocycles. The summed E-state index contributed by atoms with van der Waals surface area (Å²) in [5.41, 5.74) is 3.56. The number of nitrogens with zero attached hydrogens (tertiary/aromatic N) is 4. The molecule has 0 aliphatic carbocycles. The molecule has 2 aliphatic heterocycles. The van der Waals surface area contributed by atoms with E-state index in [0.29, 0.717) is 68.7 Å². The number of alkyl halides is 3. The predicted octanol–water partition coefficient (Wildman–Crippen LogP) is 17.8. The predicted molar refractivity (Wildman–Crippen MR) is 291 cm³/mol. The van der Waals surface area contributed by atoms with Crippen molar-refractivity contribution >= 4 is 58.2 Å². The second-order valence-electron chi connectivity index (χ2n) is 18.8. The van der Waals surface area contributed by atoms with Gasteiger partial charge >= 0.3 is 6.18 Å². The lowest BCUT2D eigenvalue weighted by Crippen LogP contribution is -2.36. The molecule has 2 fully saturated rings. The Morgan fingerprint density at radius 2 is 1.06 bits per heavy atom. The molecule has 4 aromatic carbocycles. The van der Waals surface area contributed by atoms with Crippen molar-refractivity contribution < 1.29 is 27.2 Å². The molecule has 0 N–H and O–H groups in total. The molecule has 4 aromatic rings. The largest absolute Gasteiger partial charge is 0.416 e. The number of carbonyl (C=O) groups excluding carboxylic acids is 2. The lowest BCUT2D eigenvalue weighted by molar-refractivity contribution is -0.138. The first kappa shape index (κ1) is 65.7. The van der Waals surface area contributed by atoms with Crippen LogP contribution >= 0.6 is 46.4 Å². The first-order valence-electron chi connectivity index (χ1n) is 25.1. The highest BCUT2D eigenvalue weighted by molar-refractivity contribution is 6.33. The molecule has 0 bridgehead atoms. The summed E-state index contributed by atoms with van der Waals surface area (Å²) in [5.74, 6) is 2.57. The Kier molecular flexibility index (Phi) is 30.6. The average molecular weight is 1080 g/mol. The van der Waals surface area contributed by atoms with Crippen LogP contribution in [0.4, 0.5) is 17.6 Å².